The molecule has 5 aromatic rings. The number of benzene rings is 5. The van der Waals surface area contributed by atoms with E-state index >= 15 is 8.78 Å². The largest absolute Gasteiger partial charge is 0.491 e. The molecule has 320 valence electrons. The van der Waals surface area contributed by atoms with Crippen molar-refractivity contribution in [3.8, 4) is 5.75 Å². The van der Waals surface area contributed by atoms with E-state index in [4.69, 9.17) is 44.4 Å². The van der Waals surface area contributed by atoms with Gasteiger partial charge in [-0.3, -0.25) is 0 Å². The van der Waals surface area contributed by atoms with Gasteiger partial charge in [0.15, 0.2) is 11.6 Å². The van der Waals surface area contributed by atoms with Gasteiger partial charge in [-0.25, -0.2) is 4.39 Å². The quantitative estimate of drug-likeness (QED) is 0.0814. The summed E-state index contributed by atoms with van der Waals surface area (Å²) < 4.78 is 77.6. The predicted octanol–water partition coefficient (Wildman–Crippen LogP) is 10.1. The first-order chi connectivity index (χ1) is 28.8. The molecule has 1 fully saturated rings. The zero-order valence-corrected chi connectivity index (χ0v) is 38.3. The Balaban J connectivity index is 1.52. The van der Waals surface area contributed by atoms with Gasteiger partial charge >= 0.3 is 0 Å². The second-order valence-electron chi connectivity index (χ2n) is 16.4. The summed E-state index contributed by atoms with van der Waals surface area (Å²) in [5.41, 5.74) is 3.13. The van der Waals surface area contributed by atoms with Crippen LogP contribution in [0.4, 0.5) is 8.78 Å². The summed E-state index contributed by atoms with van der Waals surface area (Å²) in [5.74, 6) is -3.83. The zero-order valence-electron chi connectivity index (χ0n) is 35.6. The fourth-order valence-corrected chi connectivity index (χ4v) is 8.66. The zero-order chi connectivity index (χ0) is 42.9. The highest BCUT2D eigenvalue weighted by atomic mass is 35.5. The maximum atomic E-state index is 15.6. The first-order valence-corrected chi connectivity index (χ1v) is 21.6. The molecule has 1 unspecified atom stereocenters. The molecule has 5 aromatic carbocycles. The maximum absolute atomic E-state index is 15.6. The molecule has 0 bridgehead atoms. The lowest BCUT2D eigenvalue weighted by molar-refractivity contribution is -0.386. The lowest BCUT2D eigenvalue weighted by Crippen LogP contribution is -2.66. The number of methoxy groups -OCH3 is 1. The Hall–Kier alpha value is -3.97. The molecule has 60 heavy (non-hydrogen) atoms. The van der Waals surface area contributed by atoms with Crippen LogP contribution in [0.25, 0.3) is 0 Å². The molecule has 6 rings (SSSR count). The van der Waals surface area contributed by atoms with Crippen LogP contribution in [-0.2, 0) is 60.1 Å². The van der Waals surface area contributed by atoms with Crippen molar-refractivity contribution in [2.75, 3.05) is 13.7 Å². The molecular formula is C49H57ClF2O7Si. The summed E-state index contributed by atoms with van der Waals surface area (Å²) >= 11 is 6.87. The van der Waals surface area contributed by atoms with E-state index in [0.717, 1.165) is 16.7 Å². The summed E-state index contributed by atoms with van der Waals surface area (Å²) in [7, 11) is 2.06. The molecule has 11 heteroatoms. The summed E-state index contributed by atoms with van der Waals surface area (Å²) in [6, 6.07) is 38.1. The van der Waals surface area contributed by atoms with Gasteiger partial charge in [0, 0.05) is 30.5 Å². The van der Waals surface area contributed by atoms with Gasteiger partial charge in [-0.2, -0.15) is 4.39 Å². The second kappa shape index (κ2) is 20.3. The Morgan fingerprint density at radius 1 is 0.700 bits per heavy atom. The van der Waals surface area contributed by atoms with Crippen molar-refractivity contribution in [2.24, 2.45) is 5.41 Å². The van der Waals surface area contributed by atoms with Crippen molar-refractivity contribution in [3.05, 3.63) is 171 Å². The van der Waals surface area contributed by atoms with E-state index in [-0.39, 0.29) is 49.6 Å². The third-order valence-electron chi connectivity index (χ3n) is 11.7. The Labute approximate surface area is 361 Å². The Bertz CT molecular complexity index is 2120. The monoisotopic (exact) mass is 858 g/mol. The van der Waals surface area contributed by atoms with Gasteiger partial charge in [-0.15, -0.1) is 0 Å². The van der Waals surface area contributed by atoms with Crippen LogP contribution in [0.2, 0.25) is 5.02 Å². The van der Waals surface area contributed by atoms with Gasteiger partial charge in [0.25, 0.3) is 0 Å². The molecule has 0 aliphatic carbocycles. The molecule has 1 aliphatic heterocycles. The van der Waals surface area contributed by atoms with Crippen LogP contribution in [0.15, 0.2) is 121 Å². The highest BCUT2D eigenvalue weighted by Gasteiger charge is 2.60. The molecule has 0 saturated carbocycles. The van der Waals surface area contributed by atoms with E-state index < -0.39 is 47.4 Å². The summed E-state index contributed by atoms with van der Waals surface area (Å²) in [6.07, 6.45) is -2.65. The van der Waals surface area contributed by atoms with Crippen molar-refractivity contribution >= 4 is 22.1 Å². The van der Waals surface area contributed by atoms with E-state index in [1.54, 1.807) is 20.1 Å². The minimum atomic E-state index is -1.63. The molecule has 6 atom stereocenters. The first-order valence-electron chi connectivity index (χ1n) is 20.5. The van der Waals surface area contributed by atoms with Gasteiger partial charge in [-0.05, 0) is 65.3 Å². The highest BCUT2D eigenvalue weighted by Crippen LogP contribution is 2.48. The smallest absolute Gasteiger partial charge is 0.224 e. The molecular weight excluding hydrogens is 802 g/mol. The molecule has 0 amide bonds. The molecule has 1 heterocycles. The van der Waals surface area contributed by atoms with E-state index in [1.165, 1.54) is 12.1 Å². The fraction of sp³-hybridized carbons (Fsp3) is 0.388. The minimum Gasteiger partial charge on any atom is -0.491 e. The summed E-state index contributed by atoms with van der Waals surface area (Å²) in [5, 5.41) is 0.360. The van der Waals surface area contributed by atoms with E-state index in [0.29, 0.717) is 33.1 Å². The van der Waals surface area contributed by atoms with Crippen molar-refractivity contribution in [3.63, 3.8) is 0 Å². The standard InChI is InChI=1S/C49H57ClF2O7Si/c1-7-54-40-26-23-36(42(51)43(40)52)27-37-28-38(24-25-39(37)50)49(53-6)46(57-32-35-21-15-10-16-22-35)45(56-31-34-19-13-9-14-20-34)44(55-30-33-17-11-8-12-18-33)41(58-49)29-48(5,59-60)47(2,3)4/h8-26,28,41,44-46H,7,27,29-32H2,1-6,60H3/t41-,44-,45+,46-,48?,49+/m1/s1. The Morgan fingerprint density at radius 3 is 1.77 bits per heavy atom. The van der Waals surface area contributed by atoms with Crippen molar-refractivity contribution in [2.45, 2.75) is 103 Å². The van der Waals surface area contributed by atoms with Crippen LogP contribution in [0.3, 0.4) is 0 Å². The molecule has 0 spiro atoms. The summed E-state index contributed by atoms with van der Waals surface area (Å²) in [6.45, 7) is 11.2. The van der Waals surface area contributed by atoms with Gasteiger partial charge in [-0.1, -0.05) is 136 Å². The van der Waals surface area contributed by atoms with Crippen LogP contribution in [0.5, 0.6) is 5.75 Å². The summed E-state index contributed by atoms with van der Waals surface area (Å²) in [4.78, 5) is 0. The van der Waals surface area contributed by atoms with Crippen LogP contribution in [0, 0.1) is 17.0 Å². The van der Waals surface area contributed by atoms with E-state index in [1.807, 2.05) is 103 Å². The maximum Gasteiger partial charge on any atom is 0.224 e. The lowest BCUT2D eigenvalue weighted by Gasteiger charge is -2.54. The van der Waals surface area contributed by atoms with Crippen LogP contribution in [0.1, 0.15) is 74.4 Å². The van der Waals surface area contributed by atoms with E-state index in [2.05, 4.69) is 27.7 Å². The predicted molar refractivity (Wildman–Crippen MR) is 234 cm³/mol. The third-order valence-corrected chi connectivity index (χ3v) is 13.0. The normalized spacial score (nSPS) is 21.8. The molecule has 1 aliphatic rings. The van der Waals surface area contributed by atoms with E-state index in [9.17, 15) is 0 Å². The van der Waals surface area contributed by atoms with Crippen molar-refractivity contribution in [1.29, 1.82) is 0 Å². The third kappa shape index (κ3) is 10.4. The second-order valence-corrected chi connectivity index (χ2v) is 17.2. The number of ether oxygens (including phenoxy) is 6. The minimum absolute atomic E-state index is 0.0201. The number of halogens is 3. The SMILES string of the molecule is CCOc1ccc(Cc2cc([C@]3(OC)O[C@H](CC(C)(O[SiH3])C(C)(C)C)[C@@H](OCc4ccccc4)[C@H](OCc4ccccc4)[C@H]3OCc3ccccc3)ccc2Cl)c(F)c1F. The first kappa shape index (κ1) is 45.6. The number of hydrogen-bond donors (Lipinski definition) is 0. The Morgan fingerprint density at radius 2 is 1.25 bits per heavy atom. The van der Waals surface area contributed by atoms with Gasteiger partial charge in [0.05, 0.1) is 38.1 Å². The average Bonchev–Trinajstić information content (AvgIpc) is 3.25. The molecule has 1 saturated heterocycles. The van der Waals surface area contributed by atoms with Crippen LogP contribution < -0.4 is 4.74 Å². The van der Waals surface area contributed by atoms with Gasteiger partial charge < -0.3 is 32.8 Å². The van der Waals surface area contributed by atoms with Crippen molar-refractivity contribution in [1.82, 2.24) is 0 Å². The molecule has 0 N–H and O–H groups in total. The molecule has 0 aromatic heterocycles. The lowest BCUT2D eigenvalue weighted by atomic mass is 9.72. The Kier molecular flexibility index (Phi) is 15.4. The van der Waals surface area contributed by atoms with Gasteiger partial charge in [0.1, 0.15) is 28.8 Å². The highest BCUT2D eigenvalue weighted by molar-refractivity contribution is 6.31. The van der Waals surface area contributed by atoms with Crippen LogP contribution in [-0.4, -0.2) is 54.2 Å². The fourth-order valence-electron chi connectivity index (χ4n) is 7.70. The number of hydrogen-bond acceptors (Lipinski definition) is 7. The van der Waals surface area contributed by atoms with Gasteiger partial charge in [0.2, 0.25) is 11.6 Å². The molecule has 7 nitrogen and oxygen atoms in total. The van der Waals surface area contributed by atoms with Crippen LogP contribution >= 0.6 is 11.6 Å². The van der Waals surface area contributed by atoms with Crippen molar-refractivity contribution < 1.29 is 41.6 Å². The average molecular weight is 860 g/mol. The topological polar surface area (TPSA) is 64.6 Å². The molecule has 0 radical (unpaired) electrons. The number of rotatable bonds is 18.